The standard InChI is InChI=1S/C21H25FN2O2/c1-25-20-5-3-4-17(14-20)18-10-12-24(15-18)13-11-21(23-26-2)16-6-8-19(22)9-7-16/h3-9,14,18H,10-13,15H2,1-2H3/b23-21-. The van der Waals surface area contributed by atoms with Gasteiger partial charge in [-0.25, -0.2) is 4.39 Å². The van der Waals surface area contributed by atoms with Gasteiger partial charge in [0.2, 0.25) is 0 Å². The van der Waals surface area contributed by atoms with Gasteiger partial charge in [0.1, 0.15) is 18.7 Å². The van der Waals surface area contributed by atoms with Crippen LogP contribution < -0.4 is 4.74 Å². The third kappa shape index (κ3) is 4.61. The van der Waals surface area contributed by atoms with Crippen LogP contribution in [-0.4, -0.2) is 44.5 Å². The highest BCUT2D eigenvalue weighted by molar-refractivity contribution is 6.00. The summed E-state index contributed by atoms with van der Waals surface area (Å²) < 4.78 is 18.5. The molecule has 1 atom stereocenters. The second kappa shape index (κ2) is 8.81. The Balaban J connectivity index is 1.59. The van der Waals surface area contributed by atoms with E-state index < -0.39 is 0 Å². The molecule has 0 aromatic heterocycles. The zero-order chi connectivity index (χ0) is 18.4. The Bertz CT molecular complexity index is 746. The minimum absolute atomic E-state index is 0.244. The molecule has 26 heavy (non-hydrogen) atoms. The van der Waals surface area contributed by atoms with Crippen molar-refractivity contribution in [3.05, 3.63) is 65.5 Å². The molecule has 3 rings (SSSR count). The lowest BCUT2D eigenvalue weighted by Gasteiger charge is -2.17. The van der Waals surface area contributed by atoms with Crippen molar-refractivity contribution in [1.82, 2.24) is 4.90 Å². The second-order valence-electron chi connectivity index (χ2n) is 6.54. The molecular formula is C21H25FN2O2. The first-order chi connectivity index (χ1) is 12.7. The highest BCUT2D eigenvalue weighted by atomic mass is 19.1. The predicted molar refractivity (Wildman–Crippen MR) is 101 cm³/mol. The molecule has 2 aromatic carbocycles. The van der Waals surface area contributed by atoms with Gasteiger partial charge in [0.05, 0.1) is 12.8 Å². The number of methoxy groups -OCH3 is 1. The van der Waals surface area contributed by atoms with Gasteiger partial charge in [-0.05, 0) is 54.3 Å². The SMILES string of the molecule is CO/N=C(/CCN1CCC(c2cccc(OC)c2)C1)c1ccc(F)cc1. The summed E-state index contributed by atoms with van der Waals surface area (Å²) in [6.45, 7) is 2.99. The maximum absolute atomic E-state index is 13.1. The Morgan fingerprint density at radius 1 is 1.19 bits per heavy atom. The molecule has 5 heteroatoms. The van der Waals surface area contributed by atoms with Crippen LogP contribution in [0.3, 0.4) is 0 Å². The van der Waals surface area contributed by atoms with E-state index in [4.69, 9.17) is 9.57 Å². The second-order valence-corrected chi connectivity index (χ2v) is 6.54. The molecule has 0 radical (unpaired) electrons. The molecule has 1 saturated heterocycles. The number of likely N-dealkylation sites (tertiary alicyclic amines) is 1. The van der Waals surface area contributed by atoms with Gasteiger partial charge in [-0.2, -0.15) is 0 Å². The molecule has 2 aromatic rings. The van der Waals surface area contributed by atoms with Crippen molar-refractivity contribution in [2.75, 3.05) is 33.9 Å². The third-order valence-corrected chi connectivity index (χ3v) is 4.88. The van der Waals surface area contributed by atoms with Crippen molar-refractivity contribution >= 4 is 5.71 Å². The Hall–Kier alpha value is -2.40. The number of hydrogen-bond donors (Lipinski definition) is 0. The summed E-state index contributed by atoms with van der Waals surface area (Å²) in [7, 11) is 3.24. The zero-order valence-electron chi connectivity index (χ0n) is 15.3. The maximum atomic E-state index is 13.1. The van der Waals surface area contributed by atoms with Gasteiger partial charge >= 0.3 is 0 Å². The number of rotatable bonds is 7. The van der Waals surface area contributed by atoms with E-state index in [1.54, 1.807) is 19.2 Å². The highest BCUT2D eigenvalue weighted by Gasteiger charge is 2.24. The molecule has 0 aliphatic carbocycles. The fourth-order valence-corrected chi connectivity index (χ4v) is 3.46. The molecule has 0 spiro atoms. The van der Waals surface area contributed by atoms with E-state index in [-0.39, 0.29) is 5.82 Å². The summed E-state index contributed by atoms with van der Waals surface area (Å²) >= 11 is 0. The summed E-state index contributed by atoms with van der Waals surface area (Å²) in [5.74, 6) is 1.19. The molecule has 0 bridgehead atoms. The van der Waals surface area contributed by atoms with Crippen LogP contribution in [0, 0.1) is 5.82 Å². The van der Waals surface area contributed by atoms with Crippen molar-refractivity contribution in [1.29, 1.82) is 0 Å². The van der Waals surface area contributed by atoms with Crippen LogP contribution >= 0.6 is 0 Å². The number of ether oxygens (including phenoxy) is 1. The molecule has 4 nitrogen and oxygen atoms in total. The summed E-state index contributed by atoms with van der Waals surface area (Å²) in [5.41, 5.74) is 3.07. The molecule has 1 unspecified atom stereocenters. The molecule has 0 saturated carbocycles. The van der Waals surface area contributed by atoms with E-state index in [1.807, 2.05) is 6.07 Å². The number of hydrogen-bond acceptors (Lipinski definition) is 4. The first kappa shape index (κ1) is 18.4. The first-order valence-corrected chi connectivity index (χ1v) is 8.92. The van der Waals surface area contributed by atoms with E-state index in [0.717, 1.165) is 49.5 Å². The Morgan fingerprint density at radius 2 is 2.00 bits per heavy atom. The van der Waals surface area contributed by atoms with E-state index in [0.29, 0.717) is 5.92 Å². The molecule has 1 fully saturated rings. The smallest absolute Gasteiger partial charge is 0.123 e. The fourth-order valence-electron chi connectivity index (χ4n) is 3.46. The molecule has 0 N–H and O–H groups in total. The van der Waals surface area contributed by atoms with Crippen LogP contribution in [0.5, 0.6) is 5.75 Å². The molecule has 0 amide bonds. The minimum atomic E-state index is -0.244. The maximum Gasteiger partial charge on any atom is 0.123 e. The van der Waals surface area contributed by atoms with Crippen molar-refractivity contribution in [3.63, 3.8) is 0 Å². The van der Waals surface area contributed by atoms with Gasteiger partial charge < -0.3 is 14.5 Å². The number of benzene rings is 2. The monoisotopic (exact) mass is 356 g/mol. The van der Waals surface area contributed by atoms with Gasteiger partial charge in [0.25, 0.3) is 0 Å². The van der Waals surface area contributed by atoms with Crippen molar-refractivity contribution in [2.24, 2.45) is 5.16 Å². The van der Waals surface area contributed by atoms with E-state index in [9.17, 15) is 4.39 Å². The minimum Gasteiger partial charge on any atom is -0.497 e. The summed E-state index contributed by atoms with van der Waals surface area (Å²) in [6.07, 6.45) is 1.91. The van der Waals surface area contributed by atoms with Gasteiger partial charge in [-0.15, -0.1) is 0 Å². The molecule has 138 valence electrons. The van der Waals surface area contributed by atoms with Gasteiger partial charge in [0, 0.05) is 19.5 Å². The lowest BCUT2D eigenvalue weighted by molar-refractivity contribution is 0.212. The van der Waals surface area contributed by atoms with Crippen molar-refractivity contribution in [3.8, 4) is 5.75 Å². The van der Waals surface area contributed by atoms with Crippen LogP contribution in [0.25, 0.3) is 0 Å². The largest absolute Gasteiger partial charge is 0.497 e. The summed E-state index contributed by atoms with van der Waals surface area (Å²) in [5, 5.41) is 4.14. The number of nitrogens with zero attached hydrogens (tertiary/aromatic N) is 2. The van der Waals surface area contributed by atoms with Crippen LogP contribution in [-0.2, 0) is 4.84 Å². The fraction of sp³-hybridized carbons (Fsp3) is 0.381. The zero-order valence-corrected chi connectivity index (χ0v) is 15.3. The Kier molecular flexibility index (Phi) is 6.23. The van der Waals surface area contributed by atoms with Crippen molar-refractivity contribution < 1.29 is 14.0 Å². The highest BCUT2D eigenvalue weighted by Crippen LogP contribution is 2.29. The van der Waals surface area contributed by atoms with Crippen LogP contribution in [0.15, 0.2) is 53.7 Å². The normalized spacial score (nSPS) is 18.1. The van der Waals surface area contributed by atoms with Crippen LogP contribution in [0.2, 0.25) is 0 Å². The average molecular weight is 356 g/mol. The Morgan fingerprint density at radius 3 is 2.73 bits per heavy atom. The van der Waals surface area contributed by atoms with Gasteiger partial charge in [-0.1, -0.05) is 29.4 Å². The topological polar surface area (TPSA) is 34.1 Å². The number of halogens is 1. The number of oxime groups is 1. The quantitative estimate of drug-likeness (QED) is 0.554. The molecular weight excluding hydrogens is 331 g/mol. The van der Waals surface area contributed by atoms with Crippen molar-refractivity contribution in [2.45, 2.75) is 18.8 Å². The predicted octanol–water partition coefficient (Wildman–Crippen LogP) is 4.06. The Labute approximate surface area is 154 Å². The van der Waals surface area contributed by atoms with E-state index in [2.05, 4.69) is 28.3 Å². The van der Waals surface area contributed by atoms with Gasteiger partial charge in [-0.3, -0.25) is 0 Å². The summed E-state index contributed by atoms with van der Waals surface area (Å²) in [4.78, 5) is 7.42. The lowest BCUT2D eigenvalue weighted by Crippen LogP contribution is -2.24. The van der Waals surface area contributed by atoms with Gasteiger partial charge in [0.15, 0.2) is 0 Å². The van der Waals surface area contributed by atoms with E-state index in [1.165, 1.54) is 24.8 Å². The summed E-state index contributed by atoms with van der Waals surface area (Å²) in [6, 6.07) is 14.7. The lowest BCUT2D eigenvalue weighted by atomic mass is 9.98. The first-order valence-electron chi connectivity index (χ1n) is 8.92. The average Bonchev–Trinajstić information content (AvgIpc) is 3.15. The molecule has 1 aliphatic heterocycles. The third-order valence-electron chi connectivity index (χ3n) is 4.88. The van der Waals surface area contributed by atoms with Crippen LogP contribution in [0.1, 0.15) is 29.9 Å². The van der Waals surface area contributed by atoms with Crippen LogP contribution in [0.4, 0.5) is 4.39 Å². The molecule has 1 aliphatic rings. The molecule has 1 heterocycles. The van der Waals surface area contributed by atoms with E-state index >= 15 is 0 Å².